The fourth-order valence-corrected chi connectivity index (χ4v) is 14.4. The van der Waals surface area contributed by atoms with Crippen molar-refractivity contribution in [3.05, 3.63) is 0 Å². The predicted octanol–water partition coefficient (Wildman–Crippen LogP) is -20.1. The third-order valence-electron chi connectivity index (χ3n) is 20.3. The fourth-order valence-electron chi connectivity index (χ4n) is 14.4. The second kappa shape index (κ2) is 40.3. The molecule has 50 nitrogen and oxygen atoms in total. The summed E-state index contributed by atoms with van der Waals surface area (Å²) in [6, 6.07) is -7.28. The van der Waals surface area contributed by atoms with Gasteiger partial charge in [0.2, 0.25) is 23.6 Å². The van der Waals surface area contributed by atoms with E-state index in [0.29, 0.717) is 0 Å². The fraction of sp³-hybridized carbons (Fsp3) is 0.935. The summed E-state index contributed by atoms with van der Waals surface area (Å²) in [5.41, 5.74) is 0. The number of rotatable bonds is 29. The van der Waals surface area contributed by atoms with Crippen molar-refractivity contribution in [2.45, 2.75) is 304 Å². The first-order valence-electron chi connectivity index (χ1n) is 35.6. The standard InChI is InChI=1S/C62H104N4O46/c1-14(74)63-27-36(83)48(21(8-70)98-54(27)95)107-56-29(65-16(3)76)38(85)51(24(11-73)103-56)110-61-47(94)52(111-60-46(93)42(89)33(80)20(7-69)101-60)35(82)26(105-61)13-97-62-53(112-57-30(66-17(4)77)39(86)50(23(10-72)104-57)109-59-45(92)41(88)32(79)19(6-68)100-59)43(90)34(81)25(106-62)12-96-55-28(64-15(2)75)37(84)49(22(9-71)102-55)108-58-44(91)40(87)31(78)18(5-67)99-58/h18-62,67-73,78-95H,5-13H2,1-4H3,(H,63,74)(H,64,75)(H,65,76)(H,66,77)/t18-,19-,20-,21-,22-,23-,24-,25-,26-,27-,28-,29-,30-,31+,32+,33-,34-,35-,36-,37-,38-,39-,40+,41+,42+,43+,44-,45-,46+,47+,48-,49-,50-,51-,52+,53+,54-,55-,56+,57+,58+,59+,60-,61+,62+/m1/s1. The minimum absolute atomic E-state index is 0.778. The Balaban J connectivity index is 1.04. The Labute approximate surface area is 634 Å². The Bertz CT molecular complexity index is 2970. The molecule has 9 aliphatic rings. The minimum Gasteiger partial charge on any atom is -0.394 e. The SMILES string of the molecule is CC(=O)N[C@@H]1[C@@H](O)[C@H](O[C@@H]2O[C@H](CO)[C@@H](O[C@@H]3O[C@H](CO[C@H]4O[C@H](CO[C@@H]5O[C@H](CO)[C@@H](O[C@@H]6O[C@H](CO)[C@H](O)[C@H](O)[C@H]6O)[C@H](O)[C@H]5NC(C)=O)[C@@H](O)[C@H](O)[C@@H]4O[C@@H]4O[C@H](CO)[C@@H](O[C@@H]5O[C@H](CO)[C@H](O)[C@H](O)[C@H]5O)[C@H](O)[C@H]4NC(C)=O)[C@@H](O)[C@H](O[C@H]4O[C@H](CO)[C@@H](O)[C@H](O)[C@@H]4O)[C@@H]3O)[C@H](O)[C@H]2NC(C)=O)[C@@H](CO)O[C@H]1O. The minimum atomic E-state index is -2.47. The lowest BCUT2D eigenvalue weighted by Crippen LogP contribution is -2.70. The number of carbonyl (C=O) groups excluding carboxylic acids is 4. The monoisotopic (exact) mass is 1640 g/mol. The lowest BCUT2D eigenvalue weighted by Gasteiger charge is -2.50. The molecule has 9 fully saturated rings. The van der Waals surface area contributed by atoms with Gasteiger partial charge in [-0.1, -0.05) is 0 Å². The van der Waals surface area contributed by atoms with Crippen LogP contribution >= 0.6 is 0 Å². The lowest BCUT2D eigenvalue weighted by molar-refractivity contribution is -0.390. The molecule has 9 rings (SSSR count). The Morgan fingerprint density at radius 1 is 0.232 bits per heavy atom. The van der Waals surface area contributed by atoms with Gasteiger partial charge in [-0.25, -0.2) is 0 Å². The molecule has 0 spiro atoms. The summed E-state index contributed by atoms with van der Waals surface area (Å²) in [5.74, 6) is -3.56. The van der Waals surface area contributed by atoms with Gasteiger partial charge in [0.1, 0.15) is 219 Å². The quantitative estimate of drug-likeness (QED) is 0.0331. The van der Waals surface area contributed by atoms with E-state index in [2.05, 4.69) is 21.3 Å². The molecule has 0 unspecified atom stereocenters. The van der Waals surface area contributed by atoms with Gasteiger partial charge in [0.25, 0.3) is 0 Å². The highest BCUT2D eigenvalue weighted by molar-refractivity contribution is 5.74. The Morgan fingerprint density at radius 3 is 0.848 bits per heavy atom. The summed E-state index contributed by atoms with van der Waals surface area (Å²) in [4.78, 5) is 50.8. The highest BCUT2D eigenvalue weighted by Gasteiger charge is 2.60. The van der Waals surface area contributed by atoms with E-state index in [9.17, 15) is 147 Å². The largest absolute Gasteiger partial charge is 0.394 e. The van der Waals surface area contributed by atoms with Gasteiger partial charge in [-0.05, 0) is 0 Å². The number of amides is 4. The van der Waals surface area contributed by atoms with Crippen molar-refractivity contribution in [3.63, 3.8) is 0 Å². The van der Waals surface area contributed by atoms with Gasteiger partial charge in [0, 0.05) is 27.7 Å². The second-order valence-corrected chi connectivity index (χ2v) is 28.2. The van der Waals surface area contributed by atoms with Gasteiger partial charge in [-0.15, -0.1) is 0 Å². The number of hydrogen-bond acceptors (Lipinski definition) is 46. The molecule has 0 aliphatic carbocycles. The number of hydrogen-bond donors (Lipinski definition) is 29. The zero-order chi connectivity index (χ0) is 82.5. The van der Waals surface area contributed by atoms with Gasteiger partial charge in [0.05, 0.1) is 59.5 Å². The van der Waals surface area contributed by atoms with Crippen molar-refractivity contribution in [2.24, 2.45) is 0 Å². The van der Waals surface area contributed by atoms with Crippen molar-refractivity contribution in [3.8, 4) is 0 Å². The van der Waals surface area contributed by atoms with E-state index in [0.717, 1.165) is 27.7 Å². The first kappa shape index (κ1) is 92.1. The molecule has 0 radical (unpaired) electrons. The van der Waals surface area contributed by atoms with Crippen LogP contribution in [-0.2, 0) is 99.7 Å². The van der Waals surface area contributed by atoms with Gasteiger partial charge in [-0.2, -0.15) is 0 Å². The van der Waals surface area contributed by atoms with Gasteiger partial charge < -0.3 is 229 Å². The third-order valence-corrected chi connectivity index (χ3v) is 20.3. The molecule has 0 saturated carbocycles. The summed E-state index contributed by atoms with van der Waals surface area (Å²) < 4.78 is 100. The second-order valence-electron chi connectivity index (χ2n) is 28.2. The maximum absolute atomic E-state index is 13.0. The lowest BCUT2D eigenvalue weighted by atomic mass is 9.94. The molecular weight excluding hydrogens is 1540 g/mol. The molecule has 9 saturated heterocycles. The van der Waals surface area contributed by atoms with Crippen LogP contribution in [0.2, 0.25) is 0 Å². The Morgan fingerprint density at radius 2 is 0.482 bits per heavy atom. The molecule has 45 atom stereocenters. The van der Waals surface area contributed by atoms with E-state index >= 15 is 0 Å². The van der Waals surface area contributed by atoms with E-state index in [1.807, 2.05) is 0 Å². The van der Waals surface area contributed by atoms with Crippen LogP contribution in [0, 0.1) is 0 Å². The average molecular weight is 1640 g/mol. The summed E-state index contributed by atoms with van der Waals surface area (Å²) in [5, 5.41) is 285. The van der Waals surface area contributed by atoms with Crippen LogP contribution in [0.5, 0.6) is 0 Å². The Kier molecular flexibility index (Phi) is 33.1. The zero-order valence-electron chi connectivity index (χ0n) is 60.1. The van der Waals surface area contributed by atoms with Gasteiger partial charge >= 0.3 is 0 Å². The average Bonchev–Trinajstić information content (AvgIpc) is 0.775. The molecule has 0 aromatic carbocycles. The van der Waals surface area contributed by atoms with E-state index < -0.39 is 359 Å². The first-order valence-corrected chi connectivity index (χ1v) is 35.6. The molecule has 0 aromatic heterocycles. The van der Waals surface area contributed by atoms with Gasteiger partial charge in [-0.3, -0.25) is 19.2 Å². The van der Waals surface area contributed by atoms with Crippen molar-refractivity contribution in [2.75, 3.05) is 59.5 Å². The molecule has 4 amide bonds. The Hall–Kier alpha value is -3.80. The molecule has 50 heteroatoms. The highest BCUT2D eigenvalue weighted by Crippen LogP contribution is 2.39. The maximum Gasteiger partial charge on any atom is 0.217 e. The number of aliphatic hydroxyl groups excluding tert-OH is 25. The summed E-state index contributed by atoms with van der Waals surface area (Å²) >= 11 is 0. The van der Waals surface area contributed by atoms with E-state index in [4.69, 9.17) is 80.5 Å². The third kappa shape index (κ3) is 20.4. The van der Waals surface area contributed by atoms with E-state index in [-0.39, 0.29) is 0 Å². The van der Waals surface area contributed by atoms with Crippen molar-refractivity contribution < 1.29 is 227 Å². The smallest absolute Gasteiger partial charge is 0.217 e. The van der Waals surface area contributed by atoms with Crippen LogP contribution in [-0.4, -0.2) is 487 Å². The van der Waals surface area contributed by atoms with Gasteiger partial charge in [0.15, 0.2) is 56.6 Å². The van der Waals surface area contributed by atoms with Crippen LogP contribution in [0.4, 0.5) is 0 Å². The molecule has 648 valence electrons. The van der Waals surface area contributed by atoms with Crippen LogP contribution in [0.3, 0.4) is 0 Å². The first-order chi connectivity index (χ1) is 53.0. The summed E-state index contributed by atoms with van der Waals surface area (Å²) in [6.07, 6.45) is -84.1. The van der Waals surface area contributed by atoms with Crippen LogP contribution in [0.15, 0.2) is 0 Å². The number of ether oxygens (including phenoxy) is 17. The summed E-state index contributed by atoms with van der Waals surface area (Å²) in [6.45, 7) is -5.73. The van der Waals surface area contributed by atoms with Crippen LogP contribution in [0.25, 0.3) is 0 Å². The topological polar surface area (TPSA) is 779 Å². The molecular formula is C62H104N4O46. The normalized spacial score (nSPS) is 48.9. The molecule has 112 heavy (non-hydrogen) atoms. The molecule has 0 aromatic rings. The predicted molar refractivity (Wildman–Crippen MR) is 343 cm³/mol. The van der Waals surface area contributed by atoms with Crippen molar-refractivity contribution >= 4 is 23.6 Å². The highest BCUT2D eigenvalue weighted by atomic mass is 16.8. The number of aliphatic hydroxyl groups is 25. The molecule has 9 aliphatic heterocycles. The van der Waals surface area contributed by atoms with E-state index in [1.54, 1.807) is 0 Å². The molecule has 29 N–H and O–H groups in total. The summed E-state index contributed by atoms with van der Waals surface area (Å²) in [7, 11) is 0. The number of nitrogens with one attached hydrogen (secondary N) is 4. The molecule has 0 bridgehead atoms. The molecule has 9 heterocycles. The zero-order valence-corrected chi connectivity index (χ0v) is 60.1. The van der Waals surface area contributed by atoms with Crippen molar-refractivity contribution in [1.29, 1.82) is 0 Å². The maximum atomic E-state index is 13.0. The number of carbonyl (C=O) groups is 4. The van der Waals surface area contributed by atoms with Crippen LogP contribution < -0.4 is 21.3 Å². The van der Waals surface area contributed by atoms with E-state index in [1.165, 1.54) is 0 Å². The van der Waals surface area contributed by atoms with Crippen molar-refractivity contribution in [1.82, 2.24) is 21.3 Å². The van der Waals surface area contributed by atoms with Crippen LogP contribution in [0.1, 0.15) is 27.7 Å².